The Kier molecular flexibility index (Phi) is 5.86. The van der Waals surface area contributed by atoms with Crippen molar-refractivity contribution in [3.8, 4) is 5.75 Å². The number of benzene rings is 1. The number of hydrogen-bond donors (Lipinski definition) is 1. The summed E-state index contributed by atoms with van der Waals surface area (Å²) in [6.07, 6.45) is 1.81. The van der Waals surface area contributed by atoms with E-state index in [1.807, 2.05) is 53.9 Å². The molecule has 0 aliphatic carbocycles. The van der Waals surface area contributed by atoms with E-state index in [4.69, 9.17) is 4.74 Å². The lowest BCUT2D eigenvalue weighted by molar-refractivity contribution is -0.127. The highest BCUT2D eigenvalue weighted by atomic mass is 32.1. The predicted octanol–water partition coefficient (Wildman–Crippen LogP) is 3.71. The van der Waals surface area contributed by atoms with Crippen LogP contribution < -0.4 is 15.0 Å². The molecular weight excluding hydrogens is 386 g/mol. The molecule has 1 aromatic carbocycles. The molecule has 7 heteroatoms. The molecule has 6 nitrogen and oxygen atoms in total. The van der Waals surface area contributed by atoms with Gasteiger partial charge in [-0.1, -0.05) is 36.4 Å². The largest absolute Gasteiger partial charge is 0.472 e. The second-order valence-electron chi connectivity index (χ2n) is 6.68. The third-order valence-electron chi connectivity index (χ3n) is 4.67. The van der Waals surface area contributed by atoms with E-state index < -0.39 is 6.10 Å². The van der Waals surface area contributed by atoms with Gasteiger partial charge in [0.05, 0.1) is 6.54 Å². The number of amides is 2. The first-order valence-corrected chi connectivity index (χ1v) is 10.4. The monoisotopic (exact) mass is 407 g/mol. The summed E-state index contributed by atoms with van der Waals surface area (Å²) in [5.41, 5.74) is 0.797. The van der Waals surface area contributed by atoms with Crippen molar-refractivity contribution in [2.45, 2.75) is 25.5 Å². The maximum atomic E-state index is 13.1. The Morgan fingerprint density at radius 3 is 2.79 bits per heavy atom. The fourth-order valence-electron chi connectivity index (χ4n) is 3.24. The highest BCUT2D eigenvalue weighted by Crippen LogP contribution is 2.37. The topological polar surface area (TPSA) is 71.5 Å². The molecule has 3 heterocycles. The Hall–Kier alpha value is -3.19. The van der Waals surface area contributed by atoms with Crippen LogP contribution in [0.25, 0.3) is 0 Å². The summed E-state index contributed by atoms with van der Waals surface area (Å²) in [5.74, 6) is 0.883. The first-order chi connectivity index (χ1) is 14.2. The number of carbonyl (C=O) groups is 2. The van der Waals surface area contributed by atoms with Gasteiger partial charge >= 0.3 is 0 Å². The fourth-order valence-corrected chi connectivity index (χ4v) is 3.88. The Morgan fingerprint density at radius 1 is 1.14 bits per heavy atom. The van der Waals surface area contributed by atoms with Gasteiger partial charge in [-0.2, -0.15) is 0 Å². The van der Waals surface area contributed by atoms with E-state index >= 15 is 0 Å². The standard InChI is InChI=1S/C22H21N3O3S/c26-19(24-15-17-9-6-14-29-17)11-5-13-25-21-18(10-4-12-23-21)28-20(22(25)27)16-7-2-1-3-8-16/h1-4,6-10,12,14,20H,5,11,13,15H2,(H,24,26)/t20-/m1/s1. The van der Waals surface area contributed by atoms with Crippen molar-refractivity contribution >= 4 is 29.0 Å². The van der Waals surface area contributed by atoms with Crippen molar-refractivity contribution in [1.82, 2.24) is 10.3 Å². The second kappa shape index (κ2) is 8.87. The highest BCUT2D eigenvalue weighted by Gasteiger charge is 2.36. The van der Waals surface area contributed by atoms with Crippen LogP contribution in [-0.2, 0) is 16.1 Å². The third kappa shape index (κ3) is 4.46. The minimum absolute atomic E-state index is 0.0278. The average Bonchev–Trinajstić information content (AvgIpc) is 3.28. The molecule has 0 unspecified atom stereocenters. The van der Waals surface area contributed by atoms with Crippen LogP contribution in [0.4, 0.5) is 5.82 Å². The Balaban J connectivity index is 1.41. The van der Waals surface area contributed by atoms with Crippen LogP contribution >= 0.6 is 11.3 Å². The molecule has 148 valence electrons. The Morgan fingerprint density at radius 2 is 2.00 bits per heavy atom. The van der Waals surface area contributed by atoms with E-state index in [0.29, 0.717) is 37.5 Å². The molecule has 1 aliphatic heterocycles. The van der Waals surface area contributed by atoms with E-state index in [0.717, 1.165) is 10.4 Å². The van der Waals surface area contributed by atoms with Gasteiger partial charge in [0, 0.05) is 29.6 Å². The van der Waals surface area contributed by atoms with Gasteiger partial charge in [0.15, 0.2) is 11.6 Å². The maximum absolute atomic E-state index is 13.1. The van der Waals surface area contributed by atoms with Gasteiger partial charge in [-0.25, -0.2) is 4.98 Å². The molecule has 1 atom stereocenters. The van der Waals surface area contributed by atoms with Crippen molar-refractivity contribution < 1.29 is 14.3 Å². The molecule has 29 heavy (non-hydrogen) atoms. The van der Waals surface area contributed by atoms with Gasteiger partial charge in [0.1, 0.15) is 0 Å². The minimum Gasteiger partial charge on any atom is -0.472 e. The normalized spacial score (nSPS) is 15.5. The zero-order valence-electron chi connectivity index (χ0n) is 15.8. The third-order valence-corrected chi connectivity index (χ3v) is 5.55. The lowest BCUT2D eigenvalue weighted by atomic mass is 10.1. The van der Waals surface area contributed by atoms with E-state index in [2.05, 4.69) is 10.3 Å². The molecule has 0 bridgehead atoms. The zero-order chi connectivity index (χ0) is 20.1. The van der Waals surface area contributed by atoms with Crippen molar-refractivity contribution in [1.29, 1.82) is 0 Å². The molecule has 0 radical (unpaired) electrons. The van der Waals surface area contributed by atoms with Crippen molar-refractivity contribution in [2.24, 2.45) is 0 Å². The second-order valence-corrected chi connectivity index (χ2v) is 7.72. The molecule has 1 N–H and O–H groups in total. The molecule has 1 aliphatic rings. The number of pyridine rings is 1. The number of ether oxygens (including phenoxy) is 1. The number of fused-ring (bicyclic) bond motifs is 1. The van der Waals surface area contributed by atoms with Crippen LogP contribution in [0.1, 0.15) is 29.4 Å². The van der Waals surface area contributed by atoms with Gasteiger partial charge in [-0.15, -0.1) is 11.3 Å². The molecule has 4 rings (SSSR count). The summed E-state index contributed by atoms with van der Waals surface area (Å²) >= 11 is 1.61. The van der Waals surface area contributed by atoms with E-state index in [9.17, 15) is 9.59 Å². The minimum atomic E-state index is -0.708. The molecule has 0 saturated heterocycles. The smallest absolute Gasteiger partial charge is 0.274 e. The van der Waals surface area contributed by atoms with Gasteiger partial charge in [-0.05, 0) is 30.0 Å². The number of nitrogens with zero attached hydrogens (tertiary/aromatic N) is 2. The summed E-state index contributed by atoms with van der Waals surface area (Å²) in [6, 6.07) is 17.0. The van der Waals surface area contributed by atoms with Crippen LogP contribution in [0.15, 0.2) is 66.2 Å². The van der Waals surface area contributed by atoms with Crippen LogP contribution in [0.5, 0.6) is 5.75 Å². The molecule has 2 amide bonds. The van der Waals surface area contributed by atoms with Crippen LogP contribution in [-0.4, -0.2) is 23.3 Å². The number of hydrogen-bond acceptors (Lipinski definition) is 5. The quantitative estimate of drug-likeness (QED) is 0.648. The van der Waals surface area contributed by atoms with Crippen LogP contribution in [0, 0.1) is 0 Å². The fraction of sp³-hybridized carbons (Fsp3) is 0.227. The molecule has 3 aromatic rings. The lowest BCUT2D eigenvalue weighted by Gasteiger charge is -2.33. The molecule has 2 aromatic heterocycles. The van der Waals surface area contributed by atoms with Gasteiger partial charge in [0.25, 0.3) is 5.91 Å². The van der Waals surface area contributed by atoms with E-state index in [-0.39, 0.29) is 11.8 Å². The number of rotatable bonds is 7. The summed E-state index contributed by atoms with van der Waals surface area (Å²) in [6.45, 7) is 0.940. The summed E-state index contributed by atoms with van der Waals surface area (Å²) in [4.78, 5) is 32.3. The number of carbonyl (C=O) groups excluding carboxylic acids is 2. The zero-order valence-corrected chi connectivity index (χ0v) is 16.6. The summed E-state index contributed by atoms with van der Waals surface area (Å²) in [7, 11) is 0. The number of anilines is 1. The van der Waals surface area contributed by atoms with Gasteiger partial charge in [-0.3, -0.25) is 14.5 Å². The summed E-state index contributed by atoms with van der Waals surface area (Å²) in [5, 5.41) is 4.90. The van der Waals surface area contributed by atoms with Crippen molar-refractivity contribution in [3.05, 3.63) is 76.6 Å². The maximum Gasteiger partial charge on any atom is 0.274 e. The lowest BCUT2D eigenvalue weighted by Crippen LogP contribution is -2.42. The average molecular weight is 407 g/mol. The van der Waals surface area contributed by atoms with Gasteiger partial charge < -0.3 is 10.1 Å². The molecule has 0 fully saturated rings. The SMILES string of the molecule is O=C(CCCN1C(=O)[C@@H](c2ccccc2)Oc2cccnc21)NCc1cccs1. The number of aromatic nitrogens is 1. The van der Waals surface area contributed by atoms with E-state index in [1.54, 1.807) is 28.5 Å². The van der Waals surface area contributed by atoms with Crippen LogP contribution in [0.2, 0.25) is 0 Å². The van der Waals surface area contributed by atoms with Crippen molar-refractivity contribution in [3.63, 3.8) is 0 Å². The molecule has 0 spiro atoms. The predicted molar refractivity (Wildman–Crippen MR) is 112 cm³/mol. The van der Waals surface area contributed by atoms with Crippen LogP contribution in [0.3, 0.4) is 0 Å². The van der Waals surface area contributed by atoms with Crippen molar-refractivity contribution in [2.75, 3.05) is 11.4 Å². The number of thiophene rings is 1. The van der Waals surface area contributed by atoms with Gasteiger partial charge in [0.2, 0.25) is 12.0 Å². The Labute approximate surface area is 173 Å². The highest BCUT2D eigenvalue weighted by molar-refractivity contribution is 7.09. The first kappa shape index (κ1) is 19.1. The first-order valence-electron chi connectivity index (χ1n) is 9.49. The molecular formula is C22H21N3O3S. The molecule has 0 saturated carbocycles. The summed E-state index contributed by atoms with van der Waals surface area (Å²) < 4.78 is 5.94. The Bertz CT molecular complexity index is 976. The number of nitrogens with one attached hydrogen (secondary N) is 1. The van der Waals surface area contributed by atoms with E-state index in [1.165, 1.54) is 0 Å².